The molecule has 0 saturated carbocycles. The lowest BCUT2D eigenvalue weighted by Crippen LogP contribution is -2.47. The first-order valence-electron chi connectivity index (χ1n) is 8.40. The van der Waals surface area contributed by atoms with Crippen LogP contribution in [0.3, 0.4) is 0 Å². The van der Waals surface area contributed by atoms with E-state index in [-0.39, 0.29) is 6.10 Å². The minimum Gasteiger partial charge on any atom is -0.393 e. The van der Waals surface area contributed by atoms with Crippen LogP contribution in [0.2, 0.25) is 0 Å². The van der Waals surface area contributed by atoms with Crippen molar-refractivity contribution in [2.24, 2.45) is 5.41 Å². The first kappa shape index (κ1) is 15.9. The molecule has 122 valence electrons. The van der Waals surface area contributed by atoms with E-state index in [0.29, 0.717) is 5.41 Å². The summed E-state index contributed by atoms with van der Waals surface area (Å²) in [6.45, 7) is 8.94. The normalized spacial score (nSPS) is 22.5. The Balaban J connectivity index is 1.53. The molecule has 2 fully saturated rings. The van der Waals surface area contributed by atoms with Gasteiger partial charge in [-0.15, -0.1) is 0 Å². The summed E-state index contributed by atoms with van der Waals surface area (Å²) in [6.07, 6.45) is 1.70. The van der Waals surface area contributed by atoms with E-state index < -0.39 is 0 Å². The number of nitrogens with zero attached hydrogens (tertiary/aromatic N) is 1. The summed E-state index contributed by atoms with van der Waals surface area (Å²) in [4.78, 5) is 2.45. The van der Waals surface area contributed by atoms with E-state index in [9.17, 15) is 5.11 Å². The molecule has 2 saturated heterocycles. The predicted molar refractivity (Wildman–Crippen MR) is 87.6 cm³/mol. The van der Waals surface area contributed by atoms with E-state index in [1.54, 1.807) is 0 Å². The Morgan fingerprint density at radius 3 is 2.55 bits per heavy atom. The number of benzene rings is 1. The van der Waals surface area contributed by atoms with Gasteiger partial charge in [0.05, 0.1) is 19.3 Å². The quantitative estimate of drug-likeness (QED) is 0.841. The Kier molecular flexibility index (Phi) is 5.14. The molecule has 2 N–H and O–H groups in total. The molecule has 0 atom stereocenters. The fraction of sp³-hybridized carbons (Fsp3) is 0.667. The van der Waals surface area contributed by atoms with Gasteiger partial charge >= 0.3 is 0 Å². The van der Waals surface area contributed by atoms with Gasteiger partial charge in [-0.25, -0.2) is 0 Å². The average Bonchev–Trinajstić information content (AvgIpc) is 2.49. The maximum absolute atomic E-state index is 9.62. The highest BCUT2D eigenvalue weighted by Gasteiger charge is 2.32. The Morgan fingerprint density at radius 1 is 1.23 bits per heavy atom. The molecule has 0 amide bonds. The smallest absolute Gasteiger partial charge is 0.0564 e. The number of ether oxygens (including phenoxy) is 1. The number of hydrogen-bond acceptors (Lipinski definition) is 4. The second-order valence-corrected chi connectivity index (χ2v) is 7.18. The lowest BCUT2D eigenvalue weighted by atomic mass is 9.88. The highest BCUT2D eigenvalue weighted by atomic mass is 16.5. The third-order valence-corrected chi connectivity index (χ3v) is 4.84. The number of rotatable bonds is 6. The Morgan fingerprint density at radius 2 is 1.91 bits per heavy atom. The van der Waals surface area contributed by atoms with Crippen molar-refractivity contribution in [1.82, 2.24) is 10.2 Å². The highest BCUT2D eigenvalue weighted by molar-refractivity contribution is 5.27. The van der Waals surface area contributed by atoms with Gasteiger partial charge in [-0.05, 0) is 24.0 Å². The van der Waals surface area contributed by atoms with Crippen LogP contribution >= 0.6 is 0 Å². The second kappa shape index (κ2) is 7.09. The largest absolute Gasteiger partial charge is 0.393 e. The van der Waals surface area contributed by atoms with E-state index >= 15 is 0 Å². The van der Waals surface area contributed by atoms with Gasteiger partial charge in [-0.2, -0.15) is 0 Å². The van der Waals surface area contributed by atoms with Crippen LogP contribution in [0.15, 0.2) is 24.3 Å². The molecule has 0 bridgehead atoms. The number of aliphatic hydroxyl groups is 1. The first-order valence-corrected chi connectivity index (χ1v) is 8.40. The van der Waals surface area contributed by atoms with Gasteiger partial charge in [0.2, 0.25) is 0 Å². The summed E-state index contributed by atoms with van der Waals surface area (Å²) in [5.41, 5.74) is 3.11. The van der Waals surface area contributed by atoms with Crippen LogP contribution in [0.5, 0.6) is 0 Å². The van der Waals surface area contributed by atoms with E-state index in [0.717, 1.165) is 58.8 Å². The first-order chi connectivity index (χ1) is 10.6. The third kappa shape index (κ3) is 4.07. The Bertz CT molecular complexity index is 480. The molecule has 2 heterocycles. The molecule has 1 aromatic carbocycles. The molecular formula is C18H28N2O2. The molecule has 0 spiro atoms. The fourth-order valence-electron chi connectivity index (χ4n) is 3.25. The molecule has 0 unspecified atom stereocenters. The SMILES string of the molecule is CC1(CNCc2ccccc2CN2CCC(O)CC2)COC1. The van der Waals surface area contributed by atoms with Crippen molar-refractivity contribution in [2.45, 2.75) is 39.0 Å². The van der Waals surface area contributed by atoms with Crippen LogP contribution in [-0.2, 0) is 17.8 Å². The lowest BCUT2D eigenvalue weighted by Gasteiger charge is -2.38. The minimum atomic E-state index is -0.0985. The molecule has 0 radical (unpaired) electrons. The van der Waals surface area contributed by atoms with Crippen molar-refractivity contribution in [1.29, 1.82) is 0 Å². The molecule has 22 heavy (non-hydrogen) atoms. The predicted octanol–water partition coefficient (Wildman–Crippen LogP) is 1.77. The standard InChI is InChI=1S/C18H28N2O2/c1-18(13-22-14-18)12-19-10-15-4-2-3-5-16(15)11-20-8-6-17(21)7-9-20/h2-5,17,19,21H,6-14H2,1H3. The van der Waals surface area contributed by atoms with Crippen molar-refractivity contribution in [3.63, 3.8) is 0 Å². The molecule has 1 aromatic rings. The number of hydrogen-bond donors (Lipinski definition) is 2. The summed E-state index contributed by atoms with van der Waals surface area (Å²) >= 11 is 0. The summed E-state index contributed by atoms with van der Waals surface area (Å²) in [6, 6.07) is 8.70. The van der Waals surface area contributed by atoms with E-state index in [1.807, 2.05) is 0 Å². The van der Waals surface area contributed by atoms with Crippen molar-refractivity contribution in [3.05, 3.63) is 35.4 Å². The van der Waals surface area contributed by atoms with Crippen LogP contribution in [0.25, 0.3) is 0 Å². The van der Waals surface area contributed by atoms with Crippen LogP contribution in [0.4, 0.5) is 0 Å². The lowest BCUT2D eigenvalue weighted by molar-refractivity contribution is -0.0991. The third-order valence-electron chi connectivity index (χ3n) is 4.84. The summed E-state index contributed by atoms with van der Waals surface area (Å²) in [7, 11) is 0. The second-order valence-electron chi connectivity index (χ2n) is 7.18. The number of piperidine rings is 1. The summed E-state index contributed by atoms with van der Waals surface area (Å²) in [5.74, 6) is 0. The van der Waals surface area contributed by atoms with Crippen molar-refractivity contribution in [3.8, 4) is 0 Å². The van der Waals surface area contributed by atoms with Gasteiger partial charge in [0.25, 0.3) is 0 Å². The summed E-state index contributed by atoms with van der Waals surface area (Å²) in [5, 5.41) is 13.2. The number of nitrogens with one attached hydrogen (secondary N) is 1. The number of likely N-dealkylation sites (tertiary alicyclic amines) is 1. The van der Waals surface area contributed by atoms with Gasteiger partial charge in [-0.3, -0.25) is 4.90 Å². The molecule has 2 aliphatic heterocycles. The molecule has 3 rings (SSSR count). The molecule has 2 aliphatic rings. The van der Waals surface area contributed by atoms with Crippen LogP contribution in [0.1, 0.15) is 30.9 Å². The fourth-order valence-corrected chi connectivity index (χ4v) is 3.25. The van der Waals surface area contributed by atoms with Crippen LogP contribution in [-0.4, -0.2) is 49.0 Å². The maximum Gasteiger partial charge on any atom is 0.0564 e. The van der Waals surface area contributed by atoms with Crippen molar-refractivity contribution < 1.29 is 9.84 Å². The zero-order valence-electron chi connectivity index (χ0n) is 13.6. The molecule has 0 aromatic heterocycles. The van der Waals surface area contributed by atoms with Gasteiger partial charge in [0.1, 0.15) is 0 Å². The number of aliphatic hydroxyl groups excluding tert-OH is 1. The highest BCUT2D eigenvalue weighted by Crippen LogP contribution is 2.25. The van der Waals surface area contributed by atoms with E-state index in [1.165, 1.54) is 11.1 Å². The van der Waals surface area contributed by atoms with Gasteiger partial charge in [0, 0.05) is 38.1 Å². The van der Waals surface area contributed by atoms with Crippen LogP contribution in [0, 0.1) is 5.41 Å². The van der Waals surface area contributed by atoms with Crippen LogP contribution < -0.4 is 5.32 Å². The average molecular weight is 304 g/mol. The minimum absolute atomic E-state index is 0.0985. The molecular weight excluding hydrogens is 276 g/mol. The molecule has 0 aliphatic carbocycles. The monoisotopic (exact) mass is 304 g/mol. The van der Waals surface area contributed by atoms with Gasteiger partial charge in [-0.1, -0.05) is 31.2 Å². The van der Waals surface area contributed by atoms with Crippen molar-refractivity contribution in [2.75, 3.05) is 32.8 Å². The van der Waals surface area contributed by atoms with Crippen molar-refractivity contribution >= 4 is 0 Å². The Labute approximate surface area is 133 Å². The molecule has 4 heteroatoms. The van der Waals surface area contributed by atoms with E-state index in [4.69, 9.17) is 4.74 Å². The topological polar surface area (TPSA) is 44.7 Å². The Hall–Kier alpha value is -0.940. The molecule has 4 nitrogen and oxygen atoms in total. The summed E-state index contributed by atoms with van der Waals surface area (Å²) < 4.78 is 5.31. The maximum atomic E-state index is 9.62. The van der Waals surface area contributed by atoms with E-state index in [2.05, 4.69) is 41.4 Å². The van der Waals surface area contributed by atoms with Gasteiger partial charge in [0.15, 0.2) is 0 Å². The zero-order valence-corrected chi connectivity index (χ0v) is 13.6. The zero-order chi connectivity index (χ0) is 15.4. The van der Waals surface area contributed by atoms with Gasteiger partial charge < -0.3 is 15.2 Å².